The smallest absolute Gasteiger partial charge is 0.225 e. The van der Waals surface area contributed by atoms with Crippen molar-refractivity contribution in [3.05, 3.63) is 33.8 Å². The van der Waals surface area contributed by atoms with Gasteiger partial charge in [0.05, 0.1) is 10.0 Å². The Hall–Kier alpha value is -0.320. The van der Waals surface area contributed by atoms with Crippen LogP contribution >= 0.6 is 46.4 Å². The third-order valence-electron chi connectivity index (χ3n) is 2.44. The molecule has 0 radical (unpaired) electrons. The Bertz CT molecular complexity index is 466. The van der Waals surface area contributed by atoms with Crippen LogP contribution in [0.4, 0.5) is 0 Å². The number of rotatable bonds is 5. The van der Waals surface area contributed by atoms with Crippen LogP contribution in [0.3, 0.4) is 0 Å². The zero-order valence-electron chi connectivity index (χ0n) is 10.8. The standard InChI is InChI=1S/C7H7Cl2N.C6H8Cl2O2/c8-6-2-1-5(4-10)3-7(6)9;1-2-4(6(8)10)3-5(7)9/h1-3H,4,10H2;4H,2-3H2,1H3. The van der Waals surface area contributed by atoms with Gasteiger partial charge in [0, 0.05) is 18.9 Å². The lowest BCUT2D eigenvalue weighted by molar-refractivity contribution is -0.119. The van der Waals surface area contributed by atoms with Crippen molar-refractivity contribution < 1.29 is 9.59 Å². The summed E-state index contributed by atoms with van der Waals surface area (Å²) < 4.78 is 0. The van der Waals surface area contributed by atoms with E-state index >= 15 is 0 Å². The van der Waals surface area contributed by atoms with Crippen LogP contribution < -0.4 is 5.73 Å². The summed E-state index contributed by atoms with van der Waals surface area (Å²) in [6.07, 6.45) is 0.598. The molecule has 2 N–H and O–H groups in total. The first-order chi connectivity index (χ1) is 9.31. The molecule has 0 bridgehead atoms. The highest BCUT2D eigenvalue weighted by Crippen LogP contribution is 2.22. The molecule has 7 heteroatoms. The predicted octanol–water partition coefficient (Wildman–Crippen LogP) is 4.39. The molecule has 0 aromatic heterocycles. The maximum atomic E-state index is 10.5. The lowest BCUT2D eigenvalue weighted by Crippen LogP contribution is -2.10. The SMILES string of the molecule is CCC(CC(=O)Cl)C(=O)Cl.NCc1ccc(Cl)c(Cl)c1. The molecule has 0 spiro atoms. The van der Waals surface area contributed by atoms with Crippen LogP contribution in [0.5, 0.6) is 0 Å². The van der Waals surface area contributed by atoms with Crippen LogP contribution in [-0.2, 0) is 16.1 Å². The molecule has 0 heterocycles. The number of nitrogens with two attached hydrogens (primary N) is 1. The summed E-state index contributed by atoms with van der Waals surface area (Å²) in [4.78, 5) is 20.7. The summed E-state index contributed by atoms with van der Waals surface area (Å²) in [5.41, 5.74) is 6.36. The second-order valence-corrected chi connectivity index (χ2v) is 5.53. The summed E-state index contributed by atoms with van der Waals surface area (Å²) >= 11 is 21.6. The molecule has 0 aliphatic carbocycles. The Labute approximate surface area is 138 Å². The highest BCUT2D eigenvalue weighted by Gasteiger charge is 2.16. The minimum Gasteiger partial charge on any atom is -0.326 e. The molecule has 1 aromatic rings. The van der Waals surface area contributed by atoms with Gasteiger partial charge in [0.2, 0.25) is 10.5 Å². The second-order valence-electron chi connectivity index (χ2n) is 3.92. The quantitative estimate of drug-likeness (QED) is 0.794. The minimum atomic E-state index is -0.513. The zero-order chi connectivity index (χ0) is 15.7. The molecule has 3 nitrogen and oxygen atoms in total. The monoisotopic (exact) mass is 357 g/mol. The lowest BCUT2D eigenvalue weighted by atomic mass is 10.1. The highest BCUT2D eigenvalue weighted by atomic mass is 35.5. The molecule has 0 amide bonds. The van der Waals surface area contributed by atoms with Gasteiger partial charge in [-0.05, 0) is 47.3 Å². The van der Waals surface area contributed by atoms with Gasteiger partial charge in [-0.2, -0.15) is 0 Å². The summed E-state index contributed by atoms with van der Waals surface area (Å²) in [7, 11) is 0. The Morgan fingerprint density at radius 2 is 1.80 bits per heavy atom. The van der Waals surface area contributed by atoms with E-state index in [9.17, 15) is 9.59 Å². The third-order valence-corrected chi connectivity index (χ3v) is 3.64. The Morgan fingerprint density at radius 1 is 1.20 bits per heavy atom. The minimum absolute atomic E-state index is 0.0421. The second kappa shape index (κ2) is 10.4. The first-order valence-corrected chi connectivity index (χ1v) is 7.34. The maximum Gasteiger partial charge on any atom is 0.225 e. The number of halogens is 4. The van der Waals surface area contributed by atoms with Gasteiger partial charge < -0.3 is 5.73 Å². The Balaban J connectivity index is 0.000000361. The van der Waals surface area contributed by atoms with Crippen molar-refractivity contribution in [2.75, 3.05) is 0 Å². The normalized spacial score (nSPS) is 11.3. The number of hydrogen-bond donors (Lipinski definition) is 1. The fraction of sp³-hybridized carbons (Fsp3) is 0.385. The van der Waals surface area contributed by atoms with Gasteiger partial charge in [-0.3, -0.25) is 9.59 Å². The number of carbonyl (C=O) groups is 2. The largest absolute Gasteiger partial charge is 0.326 e. The van der Waals surface area contributed by atoms with Crippen LogP contribution in [0.25, 0.3) is 0 Å². The van der Waals surface area contributed by atoms with E-state index in [0.717, 1.165) is 5.56 Å². The molecular formula is C13H15Cl4NO2. The molecule has 1 atom stereocenters. The summed E-state index contributed by atoms with van der Waals surface area (Å²) in [6, 6.07) is 5.37. The van der Waals surface area contributed by atoms with E-state index < -0.39 is 16.4 Å². The highest BCUT2D eigenvalue weighted by molar-refractivity contribution is 6.66. The predicted molar refractivity (Wildman–Crippen MR) is 84.5 cm³/mol. The Morgan fingerprint density at radius 3 is 2.10 bits per heavy atom. The van der Waals surface area contributed by atoms with Gasteiger partial charge in [0.15, 0.2) is 0 Å². The summed E-state index contributed by atoms with van der Waals surface area (Å²) in [5, 5.41) is 0.126. The van der Waals surface area contributed by atoms with Crippen molar-refractivity contribution in [1.82, 2.24) is 0 Å². The van der Waals surface area contributed by atoms with Gasteiger partial charge in [-0.1, -0.05) is 36.2 Å². The van der Waals surface area contributed by atoms with Crippen LogP contribution in [-0.4, -0.2) is 10.5 Å². The molecule has 1 rings (SSSR count). The first kappa shape index (κ1) is 19.7. The molecule has 0 saturated carbocycles. The third kappa shape index (κ3) is 8.08. The van der Waals surface area contributed by atoms with Crippen molar-refractivity contribution in [2.45, 2.75) is 26.3 Å². The molecule has 0 fully saturated rings. The number of hydrogen-bond acceptors (Lipinski definition) is 3. The van der Waals surface area contributed by atoms with Crippen molar-refractivity contribution in [2.24, 2.45) is 11.7 Å². The summed E-state index contributed by atoms with van der Waals surface area (Å²) in [6.45, 7) is 2.28. The molecule has 0 aliphatic rings. The zero-order valence-corrected chi connectivity index (χ0v) is 13.9. The van der Waals surface area contributed by atoms with E-state index in [0.29, 0.717) is 23.0 Å². The molecule has 112 valence electrons. The van der Waals surface area contributed by atoms with E-state index in [-0.39, 0.29) is 6.42 Å². The average molecular weight is 359 g/mol. The molecule has 1 aromatic carbocycles. The van der Waals surface area contributed by atoms with Gasteiger partial charge in [-0.15, -0.1) is 0 Å². The van der Waals surface area contributed by atoms with Crippen LogP contribution in [0.1, 0.15) is 25.3 Å². The summed E-state index contributed by atoms with van der Waals surface area (Å²) in [5.74, 6) is -0.410. The molecule has 1 unspecified atom stereocenters. The van der Waals surface area contributed by atoms with E-state index in [1.807, 2.05) is 6.07 Å². The van der Waals surface area contributed by atoms with Crippen molar-refractivity contribution in [1.29, 1.82) is 0 Å². The number of carbonyl (C=O) groups excluding carboxylic acids is 2. The van der Waals surface area contributed by atoms with Crippen molar-refractivity contribution >= 4 is 56.9 Å². The maximum absolute atomic E-state index is 10.5. The molecule has 20 heavy (non-hydrogen) atoms. The topological polar surface area (TPSA) is 60.2 Å². The van der Waals surface area contributed by atoms with Crippen LogP contribution in [0.2, 0.25) is 10.0 Å². The van der Waals surface area contributed by atoms with Crippen LogP contribution in [0, 0.1) is 5.92 Å². The van der Waals surface area contributed by atoms with Gasteiger partial charge in [0.1, 0.15) is 0 Å². The van der Waals surface area contributed by atoms with E-state index in [1.165, 1.54) is 0 Å². The molecular weight excluding hydrogens is 344 g/mol. The van der Waals surface area contributed by atoms with Crippen LogP contribution in [0.15, 0.2) is 18.2 Å². The van der Waals surface area contributed by atoms with Gasteiger partial charge >= 0.3 is 0 Å². The fourth-order valence-electron chi connectivity index (χ4n) is 1.25. The van der Waals surface area contributed by atoms with Gasteiger partial charge in [-0.25, -0.2) is 0 Å². The molecule has 0 aliphatic heterocycles. The van der Waals surface area contributed by atoms with Crippen molar-refractivity contribution in [3.8, 4) is 0 Å². The van der Waals surface area contributed by atoms with E-state index in [1.54, 1.807) is 19.1 Å². The van der Waals surface area contributed by atoms with Gasteiger partial charge in [0.25, 0.3) is 0 Å². The Kier molecular flexibility index (Phi) is 10.2. The lowest BCUT2D eigenvalue weighted by Gasteiger charge is -2.03. The average Bonchev–Trinajstić information content (AvgIpc) is 2.39. The molecule has 0 saturated heterocycles. The fourth-order valence-corrected chi connectivity index (χ4v) is 1.98. The first-order valence-electron chi connectivity index (χ1n) is 5.83. The van der Waals surface area contributed by atoms with E-state index in [2.05, 4.69) is 0 Å². The number of benzene rings is 1. The van der Waals surface area contributed by atoms with E-state index in [4.69, 9.17) is 52.1 Å². The van der Waals surface area contributed by atoms with Crippen molar-refractivity contribution in [3.63, 3.8) is 0 Å².